The van der Waals surface area contributed by atoms with Gasteiger partial charge in [0.25, 0.3) is 0 Å². The number of hydrogen-bond acceptors (Lipinski definition) is 2. The third-order valence-corrected chi connectivity index (χ3v) is 3.19. The summed E-state index contributed by atoms with van der Waals surface area (Å²) in [6, 6.07) is 2.81. The second kappa shape index (κ2) is 8.17. The Hall–Kier alpha value is -1.37. The number of nitrogens with one attached hydrogen (secondary N) is 1. The van der Waals surface area contributed by atoms with E-state index in [0.717, 1.165) is 19.1 Å². The van der Waals surface area contributed by atoms with Gasteiger partial charge in [0.05, 0.1) is 18.5 Å². The van der Waals surface area contributed by atoms with Gasteiger partial charge in [0.15, 0.2) is 0 Å². The van der Waals surface area contributed by atoms with Crippen LogP contribution in [0.1, 0.15) is 13.3 Å². The monoisotopic (exact) mass is 311 g/mol. The van der Waals surface area contributed by atoms with Gasteiger partial charge in [-0.1, -0.05) is 0 Å². The van der Waals surface area contributed by atoms with Crippen molar-refractivity contribution in [2.24, 2.45) is 5.92 Å². The molecule has 7 heteroatoms. The van der Waals surface area contributed by atoms with E-state index in [4.69, 9.17) is 0 Å². The Morgan fingerprint density at radius 2 is 1.90 bits per heavy atom. The summed E-state index contributed by atoms with van der Waals surface area (Å²) in [5.41, 5.74) is -0.0577. The predicted molar refractivity (Wildman–Crippen MR) is 70.4 cm³/mol. The molecule has 2 nitrogen and oxygen atoms in total. The van der Waals surface area contributed by atoms with Crippen molar-refractivity contribution in [2.75, 3.05) is 18.5 Å². The fourth-order valence-corrected chi connectivity index (χ4v) is 1.78. The molecule has 0 bridgehead atoms. The van der Waals surface area contributed by atoms with Crippen LogP contribution in [0.2, 0.25) is 0 Å². The van der Waals surface area contributed by atoms with Crippen LogP contribution in [0.5, 0.6) is 0 Å². The van der Waals surface area contributed by atoms with Crippen molar-refractivity contribution >= 4 is 5.69 Å². The minimum atomic E-state index is -1.89. The van der Waals surface area contributed by atoms with Gasteiger partial charge >= 0.3 is 0 Å². The quantitative estimate of drug-likeness (QED) is 0.721. The number of aliphatic hydroxyl groups excluding tert-OH is 1. The van der Waals surface area contributed by atoms with Gasteiger partial charge in [-0.3, -0.25) is 4.39 Å². The molecule has 0 spiro atoms. The second-order valence-electron chi connectivity index (χ2n) is 4.92. The average molecular weight is 311 g/mol. The van der Waals surface area contributed by atoms with E-state index in [9.17, 15) is 27.1 Å². The van der Waals surface area contributed by atoms with Crippen LogP contribution in [0.15, 0.2) is 18.2 Å². The Morgan fingerprint density at radius 3 is 2.43 bits per heavy atom. The van der Waals surface area contributed by atoms with E-state index in [-0.39, 0.29) is 12.2 Å². The summed E-state index contributed by atoms with van der Waals surface area (Å²) in [5, 5.41) is 12.2. The Kier molecular flexibility index (Phi) is 6.87. The van der Waals surface area contributed by atoms with Gasteiger partial charge in [0, 0.05) is 24.9 Å². The molecule has 1 aromatic rings. The van der Waals surface area contributed by atoms with Gasteiger partial charge in [-0.25, -0.2) is 17.6 Å². The van der Waals surface area contributed by atoms with Crippen LogP contribution >= 0.6 is 0 Å². The number of rotatable bonds is 8. The highest BCUT2D eigenvalue weighted by Crippen LogP contribution is 2.19. The number of alkyl halides is 3. The van der Waals surface area contributed by atoms with Crippen LogP contribution < -0.4 is 5.32 Å². The zero-order chi connectivity index (χ0) is 16.0. The normalized spacial score (nSPS) is 17.1. The first-order valence-electron chi connectivity index (χ1n) is 6.56. The fraction of sp³-hybridized carbons (Fsp3) is 0.571. The van der Waals surface area contributed by atoms with Crippen LogP contribution in [-0.4, -0.2) is 36.8 Å². The van der Waals surface area contributed by atoms with E-state index < -0.39 is 49.1 Å². The number of aliphatic hydroxyl groups is 1. The first-order chi connectivity index (χ1) is 9.85. The Labute approximate surface area is 120 Å². The molecular weight excluding hydrogens is 293 g/mol. The lowest BCUT2D eigenvalue weighted by atomic mass is 9.97. The smallest absolute Gasteiger partial charge is 0.149 e. The van der Waals surface area contributed by atoms with Crippen molar-refractivity contribution in [3.05, 3.63) is 29.8 Å². The SMILES string of the molecule is CC(F)C(F)CC(O)C(CF)CNc1ccc(F)cc1F. The summed E-state index contributed by atoms with van der Waals surface area (Å²) in [6.07, 6.45) is -5.60. The molecule has 4 atom stereocenters. The first kappa shape index (κ1) is 17.7. The summed E-state index contributed by atoms with van der Waals surface area (Å²) in [5.74, 6) is -2.63. The van der Waals surface area contributed by atoms with E-state index in [1.165, 1.54) is 0 Å². The molecule has 0 heterocycles. The van der Waals surface area contributed by atoms with Crippen LogP contribution in [0.4, 0.5) is 27.6 Å². The summed E-state index contributed by atoms with van der Waals surface area (Å²) in [6.45, 7) is -0.161. The van der Waals surface area contributed by atoms with E-state index in [0.29, 0.717) is 6.07 Å². The lowest BCUT2D eigenvalue weighted by molar-refractivity contribution is 0.0457. The minimum absolute atomic E-state index is 0.0577. The zero-order valence-corrected chi connectivity index (χ0v) is 11.5. The van der Waals surface area contributed by atoms with Crippen molar-refractivity contribution < 1.29 is 27.1 Å². The fourth-order valence-electron chi connectivity index (χ4n) is 1.78. The van der Waals surface area contributed by atoms with Crippen molar-refractivity contribution in [1.29, 1.82) is 0 Å². The van der Waals surface area contributed by atoms with Crippen molar-refractivity contribution in [2.45, 2.75) is 31.8 Å². The van der Waals surface area contributed by atoms with E-state index >= 15 is 0 Å². The van der Waals surface area contributed by atoms with Gasteiger partial charge in [0.1, 0.15) is 24.0 Å². The average Bonchev–Trinajstić information content (AvgIpc) is 2.41. The summed E-state index contributed by atoms with van der Waals surface area (Å²) in [4.78, 5) is 0. The number of anilines is 1. The van der Waals surface area contributed by atoms with Crippen molar-refractivity contribution in [1.82, 2.24) is 0 Å². The molecule has 4 unspecified atom stereocenters. The molecule has 0 aliphatic heterocycles. The topological polar surface area (TPSA) is 32.3 Å². The molecule has 0 fully saturated rings. The molecule has 0 aliphatic rings. The lowest BCUT2D eigenvalue weighted by Gasteiger charge is -2.23. The molecule has 0 aliphatic carbocycles. The molecule has 1 aromatic carbocycles. The molecule has 1 rings (SSSR count). The predicted octanol–water partition coefficient (Wildman–Crippen LogP) is 3.41. The van der Waals surface area contributed by atoms with Crippen molar-refractivity contribution in [3.63, 3.8) is 0 Å². The Bertz CT molecular complexity index is 443. The largest absolute Gasteiger partial charge is 0.393 e. The molecule has 120 valence electrons. The van der Waals surface area contributed by atoms with E-state index in [1.54, 1.807) is 0 Å². The molecule has 2 N–H and O–H groups in total. The van der Waals surface area contributed by atoms with Crippen molar-refractivity contribution in [3.8, 4) is 0 Å². The Morgan fingerprint density at radius 1 is 1.24 bits per heavy atom. The summed E-state index contributed by atoms with van der Waals surface area (Å²) in [7, 11) is 0. The molecule has 0 saturated carbocycles. The first-order valence-corrected chi connectivity index (χ1v) is 6.56. The molecular formula is C14H18F5NO. The highest BCUT2D eigenvalue weighted by atomic mass is 19.2. The lowest BCUT2D eigenvalue weighted by Crippen LogP contribution is -2.33. The maximum atomic E-state index is 13.4. The highest BCUT2D eigenvalue weighted by Gasteiger charge is 2.26. The highest BCUT2D eigenvalue weighted by molar-refractivity contribution is 5.44. The van der Waals surface area contributed by atoms with E-state index in [1.807, 2.05) is 0 Å². The minimum Gasteiger partial charge on any atom is -0.393 e. The number of benzene rings is 1. The van der Waals surface area contributed by atoms with Gasteiger partial charge < -0.3 is 10.4 Å². The van der Waals surface area contributed by atoms with Gasteiger partial charge in [-0.2, -0.15) is 0 Å². The Balaban J connectivity index is 2.57. The third-order valence-electron chi connectivity index (χ3n) is 3.19. The van der Waals surface area contributed by atoms with Gasteiger partial charge in [0.2, 0.25) is 0 Å². The standard InChI is InChI=1S/C14H18F5NO/c1-8(16)11(18)5-14(21)9(6-15)7-20-13-3-2-10(17)4-12(13)19/h2-4,8-9,11,14,20-21H,5-7H2,1H3. The second-order valence-corrected chi connectivity index (χ2v) is 4.92. The zero-order valence-electron chi connectivity index (χ0n) is 11.5. The van der Waals surface area contributed by atoms with Crippen LogP contribution in [0, 0.1) is 17.6 Å². The van der Waals surface area contributed by atoms with Crippen LogP contribution in [-0.2, 0) is 0 Å². The summed E-state index contributed by atoms with van der Waals surface area (Å²) >= 11 is 0. The van der Waals surface area contributed by atoms with Crippen LogP contribution in [0.25, 0.3) is 0 Å². The summed E-state index contributed by atoms with van der Waals surface area (Å²) < 4.78 is 64.8. The van der Waals surface area contributed by atoms with Gasteiger partial charge in [-0.05, 0) is 19.1 Å². The number of halogens is 5. The maximum Gasteiger partial charge on any atom is 0.149 e. The maximum absolute atomic E-state index is 13.4. The molecule has 0 aromatic heterocycles. The molecule has 0 radical (unpaired) electrons. The molecule has 21 heavy (non-hydrogen) atoms. The van der Waals surface area contributed by atoms with E-state index in [2.05, 4.69) is 5.32 Å². The molecule has 0 amide bonds. The molecule has 0 saturated heterocycles. The number of hydrogen-bond donors (Lipinski definition) is 2. The van der Waals surface area contributed by atoms with Gasteiger partial charge in [-0.15, -0.1) is 0 Å². The van der Waals surface area contributed by atoms with Crippen LogP contribution in [0.3, 0.4) is 0 Å². The third kappa shape index (κ3) is 5.49.